The molecule has 0 saturated heterocycles. The molecule has 0 atom stereocenters. The second-order valence-corrected chi connectivity index (χ2v) is 6.82. The van der Waals surface area contributed by atoms with Crippen molar-refractivity contribution in [2.24, 2.45) is 0 Å². The number of fused-ring (bicyclic) bond motifs is 1. The highest BCUT2D eigenvalue weighted by molar-refractivity contribution is 5.78. The maximum atomic E-state index is 12.9. The molecule has 132 valence electrons. The molecule has 1 amide bonds. The minimum absolute atomic E-state index is 0.0859. The molecule has 5 heteroatoms. The number of hydrogen-bond donors (Lipinski definition) is 1. The largest absolute Gasteiger partial charge is 0.486 e. The molecule has 0 spiro atoms. The summed E-state index contributed by atoms with van der Waals surface area (Å²) in [6.07, 6.45) is 0.234. The molecule has 0 aromatic heterocycles. The van der Waals surface area contributed by atoms with Crippen LogP contribution in [-0.2, 0) is 16.6 Å². The maximum Gasteiger partial charge on any atom is 0.224 e. The quantitative estimate of drug-likeness (QED) is 0.907. The summed E-state index contributed by atoms with van der Waals surface area (Å²) in [5, 5.41) is 2.96. The van der Waals surface area contributed by atoms with Gasteiger partial charge in [0.1, 0.15) is 19.0 Å². The van der Waals surface area contributed by atoms with Gasteiger partial charge >= 0.3 is 0 Å². The van der Waals surface area contributed by atoms with Crippen molar-refractivity contribution < 1.29 is 18.7 Å². The molecule has 2 aromatic carbocycles. The van der Waals surface area contributed by atoms with E-state index < -0.39 is 0 Å². The maximum absolute atomic E-state index is 12.9. The van der Waals surface area contributed by atoms with Gasteiger partial charge in [-0.1, -0.05) is 32.0 Å². The van der Waals surface area contributed by atoms with Crippen molar-refractivity contribution in [3.05, 3.63) is 59.4 Å². The lowest BCUT2D eigenvalue weighted by Crippen LogP contribution is -2.37. The molecule has 3 rings (SSSR count). The summed E-state index contributed by atoms with van der Waals surface area (Å²) in [6.45, 7) is 5.74. The number of rotatable bonds is 5. The second-order valence-electron chi connectivity index (χ2n) is 6.82. The van der Waals surface area contributed by atoms with Crippen LogP contribution >= 0.6 is 0 Å². The van der Waals surface area contributed by atoms with E-state index >= 15 is 0 Å². The SMILES string of the molecule is CC(C)(CNC(=O)Cc1ccc(F)cc1)c1ccc2c(c1)OCCO2. The first-order valence-electron chi connectivity index (χ1n) is 8.35. The fourth-order valence-corrected chi connectivity index (χ4v) is 2.74. The van der Waals surface area contributed by atoms with E-state index in [4.69, 9.17) is 9.47 Å². The van der Waals surface area contributed by atoms with Crippen LogP contribution in [-0.4, -0.2) is 25.7 Å². The number of amides is 1. The third-order valence-electron chi connectivity index (χ3n) is 4.33. The lowest BCUT2D eigenvalue weighted by molar-refractivity contribution is -0.120. The Labute approximate surface area is 147 Å². The van der Waals surface area contributed by atoms with Crippen molar-refractivity contribution in [1.82, 2.24) is 5.32 Å². The molecule has 0 bridgehead atoms. The molecule has 0 unspecified atom stereocenters. The monoisotopic (exact) mass is 343 g/mol. The van der Waals surface area contributed by atoms with E-state index in [1.165, 1.54) is 12.1 Å². The highest BCUT2D eigenvalue weighted by Crippen LogP contribution is 2.34. The van der Waals surface area contributed by atoms with Crippen LogP contribution in [0.25, 0.3) is 0 Å². The average molecular weight is 343 g/mol. The summed E-state index contributed by atoms with van der Waals surface area (Å²) in [5.41, 5.74) is 1.60. The van der Waals surface area contributed by atoms with Gasteiger partial charge in [-0.25, -0.2) is 4.39 Å². The van der Waals surface area contributed by atoms with Gasteiger partial charge in [-0.05, 0) is 35.4 Å². The molecule has 1 heterocycles. The summed E-state index contributed by atoms with van der Waals surface area (Å²) < 4.78 is 24.1. The predicted molar refractivity (Wildman–Crippen MR) is 93.6 cm³/mol. The van der Waals surface area contributed by atoms with Gasteiger partial charge in [0.05, 0.1) is 6.42 Å². The molecule has 1 aliphatic rings. The topological polar surface area (TPSA) is 47.6 Å². The highest BCUT2D eigenvalue weighted by atomic mass is 19.1. The van der Waals surface area contributed by atoms with E-state index in [0.717, 1.165) is 22.6 Å². The lowest BCUT2D eigenvalue weighted by Gasteiger charge is -2.28. The van der Waals surface area contributed by atoms with Gasteiger partial charge in [-0.3, -0.25) is 4.79 Å². The fourth-order valence-electron chi connectivity index (χ4n) is 2.74. The number of hydrogen-bond acceptors (Lipinski definition) is 3. The zero-order chi connectivity index (χ0) is 17.9. The van der Waals surface area contributed by atoms with E-state index in [2.05, 4.69) is 19.2 Å². The molecular weight excluding hydrogens is 321 g/mol. The predicted octanol–water partition coefficient (Wildman–Crippen LogP) is 3.23. The van der Waals surface area contributed by atoms with E-state index in [-0.39, 0.29) is 23.6 Å². The van der Waals surface area contributed by atoms with Crippen LogP contribution in [0.4, 0.5) is 4.39 Å². The number of halogens is 1. The van der Waals surface area contributed by atoms with E-state index in [0.29, 0.717) is 19.8 Å². The molecule has 1 N–H and O–H groups in total. The zero-order valence-corrected chi connectivity index (χ0v) is 14.5. The average Bonchev–Trinajstić information content (AvgIpc) is 2.62. The van der Waals surface area contributed by atoms with Gasteiger partial charge in [-0.2, -0.15) is 0 Å². The minimum Gasteiger partial charge on any atom is -0.486 e. The van der Waals surface area contributed by atoms with Crippen LogP contribution in [0, 0.1) is 5.82 Å². The molecule has 0 aliphatic carbocycles. The van der Waals surface area contributed by atoms with Crippen molar-refractivity contribution in [3.8, 4) is 11.5 Å². The normalized spacial score (nSPS) is 13.4. The Kier molecular flexibility index (Phi) is 4.93. The summed E-state index contributed by atoms with van der Waals surface area (Å²) in [6, 6.07) is 11.9. The van der Waals surface area contributed by atoms with Crippen molar-refractivity contribution >= 4 is 5.91 Å². The smallest absolute Gasteiger partial charge is 0.224 e. The number of carbonyl (C=O) groups is 1. The zero-order valence-electron chi connectivity index (χ0n) is 14.5. The molecule has 0 radical (unpaired) electrons. The summed E-state index contributed by atoms with van der Waals surface area (Å²) in [5.74, 6) is 1.11. The first kappa shape index (κ1) is 17.3. The van der Waals surface area contributed by atoms with E-state index in [9.17, 15) is 9.18 Å². The molecule has 0 saturated carbocycles. The van der Waals surface area contributed by atoms with Crippen molar-refractivity contribution in [2.45, 2.75) is 25.7 Å². The summed E-state index contributed by atoms with van der Waals surface area (Å²) >= 11 is 0. The van der Waals surface area contributed by atoms with Crippen molar-refractivity contribution in [3.63, 3.8) is 0 Å². The third kappa shape index (κ3) is 4.29. The minimum atomic E-state index is -0.302. The summed E-state index contributed by atoms with van der Waals surface area (Å²) in [7, 11) is 0. The standard InChI is InChI=1S/C20H22FNO3/c1-20(2,15-5-8-17-18(12-15)25-10-9-24-17)13-22-19(23)11-14-3-6-16(21)7-4-14/h3-8,12H,9-11,13H2,1-2H3,(H,22,23). The Morgan fingerprint density at radius 2 is 1.76 bits per heavy atom. The van der Waals surface area contributed by atoms with Crippen LogP contribution in [0.1, 0.15) is 25.0 Å². The van der Waals surface area contributed by atoms with Crippen molar-refractivity contribution in [2.75, 3.05) is 19.8 Å². The molecule has 1 aliphatic heterocycles. The Morgan fingerprint density at radius 1 is 1.08 bits per heavy atom. The molecule has 0 fully saturated rings. The fraction of sp³-hybridized carbons (Fsp3) is 0.350. The number of carbonyl (C=O) groups excluding carboxylic acids is 1. The lowest BCUT2D eigenvalue weighted by atomic mass is 9.84. The summed E-state index contributed by atoms with van der Waals surface area (Å²) in [4.78, 5) is 12.2. The van der Waals surface area contributed by atoms with E-state index in [1.807, 2.05) is 18.2 Å². The van der Waals surface area contributed by atoms with Crippen LogP contribution in [0.15, 0.2) is 42.5 Å². The van der Waals surface area contributed by atoms with Crippen LogP contribution in [0.3, 0.4) is 0 Å². The van der Waals surface area contributed by atoms with Gasteiger partial charge in [0.2, 0.25) is 5.91 Å². The van der Waals surface area contributed by atoms with Gasteiger partial charge < -0.3 is 14.8 Å². The van der Waals surface area contributed by atoms with Gasteiger partial charge in [-0.15, -0.1) is 0 Å². The number of ether oxygens (including phenoxy) is 2. The van der Waals surface area contributed by atoms with Crippen LogP contribution in [0.5, 0.6) is 11.5 Å². The van der Waals surface area contributed by atoms with Gasteiger partial charge in [0.15, 0.2) is 11.5 Å². The highest BCUT2D eigenvalue weighted by Gasteiger charge is 2.24. The van der Waals surface area contributed by atoms with Gasteiger partial charge in [0, 0.05) is 12.0 Å². The van der Waals surface area contributed by atoms with E-state index in [1.54, 1.807) is 12.1 Å². The second kappa shape index (κ2) is 7.13. The first-order chi connectivity index (χ1) is 11.9. The molecule has 25 heavy (non-hydrogen) atoms. The van der Waals surface area contributed by atoms with Crippen molar-refractivity contribution in [1.29, 1.82) is 0 Å². The molecular formula is C20H22FNO3. The van der Waals surface area contributed by atoms with Crippen LogP contribution in [0.2, 0.25) is 0 Å². The Bertz CT molecular complexity index is 756. The molecule has 4 nitrogen and oxygen atoms in total. The first-order valence-corrected chi connectivity index (χ1v) is 8.35. The molecule has 2 aromatic rings. The Hall–Kier alpha value is -2.56. The Morgan fingerprint density at radius 3 is 2.48 bits per heavy atom. The van der Waals surface area contributed by atoms with Gasteiger partial charge in [0.25, 0.3) is 0 Å². The number of nitrogens with one attached hydrogen (secondary N) is 1. The Balaban J connectivity index is 1.61. The third-order valence-corrected chi connectivity index (χ3v) is 4.33. The van der Waals surface area contributed by atoms with Crippen LogP contribution < -0.4 is 14.8 Å². The number of benzene rings is 2.